The molecule has 31 heavy (non-hydrogen) atoms. The summed E-state index contributed by atoms with van der Waals surface area (Å²) in [5.41, 5.74) is 3.48. The second-order valence-corrected chi connectivity index (χ2v) is 8.52. The molecule has 2 saturated carbocycles. The van der Waals surface area contributed by atoms with E-state index in [1.807, 2.05) is 41.0 Å². The molecule has 1 N–H and O–H groups in total. The lowest BCUT2D eigenvalue weighted by Gasteiger charge is -2.23. The third-order valence-corrected chi connectivity index (χ3v) is 6.77. The largest absolute Gasteiger partial charge is 0.493 e. The maximum absolute atomic E-state index is 13.0. The summed E-state index contributed by atoms with van der Waals surface area (Å²) in [5.74, 6) is 2.75. The van der Waals surface area contributed by atoms with Crippen molar-refractivity contribution in [2.24, 2.45) is 11.8 Å². The molecule has 6 nitrogen and oxygen atoms in total. The predicted octanol–water partition coefficient (Wildman–Crippen LogP) is 4.47. The number of imidazole rings is 1. The van der Waals surface area contributed by atoms with Crippen LogP contribution < -0.4 is 14.8 Å². The number of amides is 1. The van der Waals surface area contributed by atoms with Crippen molar-refractivity contribution < 1.29 is 14.3 Å². The highest BCUT2D eigenvalue weighted by atomic mass is 16.5. The fourth-order valence-corrected chi connectivity index (χ4v) is 5.18. The highest BCUT2D eigenvalue weighted by Crippen LogP contribution is 2.44. The molecular formula is C25H27N3O3. The molecule has 1 heterocycles. The Hall–Kier alpha value is -3.28. The Bertz CT molecular complexity index is 1110. The van der Waals surface area contributed by atoms with Crippen LogP contribution in [0.25, 0.3) is 16.8 Å². The lowest BCUT2D eigenvalue weighted by atomic mass is 9.95. The van der Waals surface area contributed by atoms with Crippen molar-refractivity contribution in [1.29, 1.82) is 0 Å². The molecule has 2 aliphatic carbocycles. The SMILES string of the molecule is COc1ccc(-c2cccc(-n3cncc3C(=O)NC3CC4CCC3C4)c2)cc1OC. The average molecular weight is 418 g/mol. The Kier molecular flexibility index (Phi) is 5.14. The lowest BCUT2D eigenvalue weighted by molar-refractivity contribution is 0.0916. The number of rotatable bonds is 6. The number of ether oxygens (including phenoxy) is 2. The summed E-state index contributed by atoms with van der Waals surface area (Å²) in [4.78, 5) is 17.3. The quantitative estimate of drug-likeness (QED) is 0.642. The van der Waals surface area contributed by atoms with Gasteiger partial charge in [-0.05, 0) is 66.5 Å². The van der Waals surface area contributed by atoms with Crippen molar-refractivity contribution >= 4 is 5.91 Å². The Labute approximate surface area is 182 Å². The molecule has 1 aromatic heterocycles. The van der Waals surface area contributed by atoms with Gasteiger partial charge in [0.1, 0.15) is 5.69 Å². The van der Waals surface area contributed by atoms with E-state index in [1.165, 1.54) is 19.3 Å². The van der Waals surface area contributed by atoms with E-state index in [-0.39, 0.29) is 5.91 Å². The maximum atomic E-state index is 13.0. The van der Waals surface area contributed by atoms with Gasteiger partial charge in [0.15, 0.2) is 11.5 Å². The Morgan fingerprint density at radius 2 is 1.87 bits per heavy atom. The minimum Gasteiger partial charge on any atom is -0.493 e. The van der Waals surface area contributed by atoms with E-state index >= 15 is 0 Å². The van der Waals surface area contributed by atoms with Gasteiger partial charge in [-0.2, -0.15) is 0 Å². The van der Waals surface area contributed by atoms with Gasteiger partial charge in [-0.1, -0.05) is 24.6 Å². The topological polar surface area (TPSA) is 65.4 Å². The molecule has 0 saturated heterocycles. The van der Waals surface area contributed by atoms with E-state index in [0.717, 1.165) is 29.2 Å². The fraction of sp³-hybridized carbons (Fsp3) is 0.360. The van der Waals surface area contributed by atoms with Crippen LogP contribution in [0.5, 0.6) is 11.5 Å². The van der Waals surface area contributed by atoms with Crippen molar-refractivity contribution in [1.82, 2.24) is 14.9 Å². The normalized spacial score (nSPS) is 21.8. The van der Waals surface area contributed by atoms with Crippen LogP contribution in [0.3, 0.4) is 0 Å². The number of methoxy groups -OCH3 is 2. The zero-order chi connectivity index (χ0) is 21.4. The molecule has 3 unspecified atom stereocenters. The summed E-state index contributed by atoms with van der Waals surface area (Å²) >= 11 is 0. The lowest BCUT2D eigenvalue weighted by Crippen LogP contribution is -2.39. The molecule has 0 aliphatic heterocycles. The fourth-order valence-electron chi connectivity index (χ4n) is 5.18. The Balaban J connectivity index is 1.41. The maximum Gasteiger partial charge on any atom is 0.270 e. The first kappa shape index (κ1) is 19.7. The molecule has 2 fully saturated rings. The molecule has 160 valence electrons. The van der Waals surface area contributed by atoms with Crippen molar-refractivity contribution in [2.45, 2.75) is 31.7 Å². The van der Waals surface area contributed by atoms with Gasteiger partial charge < -0.3 is 14.8 Å². The average Bonchev–Trinajstić information content (AvgIpc) is 3.56. The van der Waals surface area contributed by atoms with Crippen LogP contribution in [0.2, 0.25) is 0 Å². The minimum absolute atomic E-state index is 0.0495. The highest BCUT2D eigenvalue weighted by molar-refractivity contribution is 5.93. The Morgan fingerprint density at radius 3 is 2.61 bits per heavy atom. The standard InChI is InChI=1S/C25H27N3O3/c1-30-23-9-8-18(13-24(23)31-2)17-4-3-5-20(12-17)28-15-26-14-22(28)25(29)27-21-11-16-6-7-19(21)10-16/h3-5,8-9,12-16,19,21H,6-7,10-11H2,1-2H3,(H,27,29). The van der Waals surface area contributed by atoms with E-state index in [0.29, 0.717) is 29.2 Å². The van der Waals surface area contributed by atoms with Crippen molar-refractivity contribution in [2.75, 3.05) is 14.2 Å². The third kappa shape index (κ3) is 3.67. The first-order chi connectivity index (χ1) is 15.2. The van der Waals surface area contributed by atoms with E-state index < -0.39 is 0 Å². The van der Waals surface area contributed by atoms with Gasteiger partial charge in [0.2, 0.25) is 0 Å². The summed E-state index contributed by atoms with van der Waals surface area (Å²) < 4.78 is 12.6. The van der Waals surface area contributed by atoms with Gasteiger partial charge in [0.25, 0.3) is 5.91 Å². The van der Waals surface area contributed by atoms with E-state index in [4.69, 9.17) is 9.47 Å². The second kappa shape index (κ2) is 8.10. The van der Waals surface area contributed by atoms with E-state index in [1.54, 1.807) is 26.7 Å². The number of aromatic nitrogens is 2. The summed E-state index contributed by atoms with van der Waals surface area (Å²) in [6.45, 7) is 0. The van der Waals surface area contributed by atoms with Crippen molar-refractivity contribution in [3.8, 4) is 28.3 Å². The molecule has 3 atom stereocenters. The summed E-state index contributed by atoms with van der Waals surface area (Å²) in [7, 11) is 3.26. The number of benzene rings is 2. The van der Waals surface area contributed by atoms with Crippen molar-refractivity contribution in [3.63, 3.8) is 0 Å². The first-order valence-corrected chi connectivity index (χ1v) is 10.8. The van der Waals surface area contributed by atoms with Gasteiger partial charge in [-0.25, -0.2) is 4.98 Å². The molecular weight excluding hydrogens is 390 g/mol. The van der Waals surface area contributed by atoms with Gasteiger partial charge in [0.05, 0.1) is 26.7 Å². The van der Waals surface area contributed by atoms with Crippen LogP contribution in [-0.4, -0.2) is 35.7 Å². The number of carbonyl (C=O) groups excluding carboxylic acids is 1. The monoisotopic (exact) mass is 417 g/mol. The smallest absolute Gasteiger partial charge is 0.270 e. The predicted molar refractivity (Wildman–Crippen MR) is 119 cm³/mol. The molecule has 3 aromatic rings. The van der Waals surface area contributed by atoms with E-state index in [2.05, 4.69) is 16.4 Å². The van der Waals surface area contributed by atoms with Gasteiger partial charge in [0, 0.05) is 11.7 Å². The zero-order valence-corrected chi connectivity index (χ0v) is 17.9. The Morgan fingerprint density at radius 1 is 1.03 bits per heavy atom. The molecule has 2 aliphatic rings. The van der Waals surface area contributed by atoms with Crippen molar-refractivity contribution in [3.05, 3.63) is 60.7 Å². The van der Waals surface area contributed by atoms with Crippen LogP contribution in [0, 0.1) is 11.8 Å². The molecule has 1 amide bonds. The van der Waals surface area contributed by atoms with Crippen LogP contribution in [0.15, 0.2) is 55.0 Å². The molecule has 5 rings (SSSR count). The molecule has 2 bridgehead atoms. The van der Waals surface area contributed by atoms with E-state index in [9.17, 15) is 4.79 Å². The molecule has 6 heteroatoms. The summed E-state index contributed by atoms with van der Waals surface area (Å²) in [6, 6.07) is 14.2. The van der Waals surface area contributed by atoms with Crippen LogP contribution >= 0.6 is 0 Å². The number of nitrogens with zero attached hydrogens (tertiary/aromatic N) is 2. The first-order valence-electron chi connectivity index (χ1n) is 10.8. The van der Waals surface area contributed by atoms with Crippen LogP contribution in [-0.2, 0) is 0 Å². The number of carbonyl (C=O) groups is 1. The second-order valence-electron chi connectivity index (χ2n) is 8.52. The highest BCUT2D eigenvalue weighted by Gasteiger charge is 2.40. The summed E-state index contributed by atoms with van der Waals surface area (Å²) in [5, 5.41) is 3.27. The summed E-state index contributed by atoms with van der Waals surface area (Å²) in [6.07, 6.45) is 8.27. The number of hydrogen-bond acceptors (Lipinski definition) is 4. The number of fused-ring (bicyclic) bond motifs is 2. The minimum atomic E-state index is -0.0495. The van der Waals surface area contributed by atoms with Gasteiger partial charge in [-0.15, -0.1) is 0 Å². The third-order valence-electron chi connectivity index (χ3n) is 6.77. The molecule has 0 radical (unpaired) electrons. The van der Waals surface area contributed by atoms with Gasteiger partial charge in [-0.3, -0.25) is 9.36 Å². The van der Waals surface area contributed by atoms with Crippen LogP contribution in [0.1, 0.15) is 36.2 Å². The molecule has 0 spiro atoms. The zero-order valence-electron chi connectivity index (χ0n) is 17.9. The molecule has 2 aromatic carbocycles. The number of hydrogen-bond donors (Lipinski definition) is 1. The van der Waals surface area contributed by atoms with Crippen LogP contribution in [0.4, 0.5) is 0 Å². The van der Waals surface area contributed by atoms with Gasteiger partial charge >= 0.3 is 0 Å². The number of nitrogens with one attached hydrogen (secondary N) is 1.